The number of hydrogen-bond donors (Lipinski definition) is 0. The lowest BCUT2D eigenvalue weighted by Crippen LogP contribution is -2.16. The molecule has 0 aliphatic carbocycles. The van der Waals surface area contributed by atoms with E-state index in [1.54, 1.807) is 4.52 Å². The van der Waals surface area contributed by atoms with Gasteiger partial charge in [0.25, 0.3) is 5.78 Å². The minimum absolute atomic E-state index is 0.447. The maximum Gasteiger partial charge on any atom is 0.255 e. The second-order valence-corrected chi connectivity index (χ2v) is 5.26. The van der Waals surface area contributed by atoms with Crippen molar-refractivity contribution in [3.63, 3.8) is 0 Å². The monoisotopic (exact) mass is 301 g/mol. The first-order chi connectivity index (χ1) is 10.1. The molecule has 0 unspecified atom stereocenters. The molecule has 21 heavy (non-hydrogen) atoms. The molecule has 5 nitrogen and oxygen atoms in total. The van der Waals surface area contributed by atoms with Gasteiger partial charge in [-0.15, -0.1) is 0 Å². The number of hydrogen-bond acceptors (Lipinski definition) is 4. The number of halogens is 1. The second-order valence-electron chi connectivity index (χ2n) is 4.90. The van der Waals surface area contributed by atoms with Crippen molar-refractivity contribution in [2.75, 3.05) is 11.9 Å². The summed E-state index contributed by atoms with van der Waals surface area (Å²) < 4.78 is 1.70. The smallest absolute Gasteiger partial charge is 0.255 e. The molecule has 0 amide bonds. The summed E-state index contributed by atoms with van der Waals surface area (Å²) in [5.74, 6) is 1.37. The zero-order chi connectivity index (χ0) is 15.0. The molecule has 0 saturated carbocycles. The maximum atomic E-state index is 6.21. The molecular formula is C15H16ClN5. The molecule has 2 aromatic heterocycles. The van der Waals surface area contributed by atoms with Crippen molar-refractivity contribution in [1.82, 2.24) is 19.6 Å². The Labute approximate surface area is 128 Å². The van der Waals surface area contributed by atoms with Crippen LogP contribution >= 0.6 is 11.6 Å². The van der Waals surface area contributed by atoms with Crippen LogP contribution in [0.25, 0.3) is 5.78 Å². The SMILES string of the molecule is CCc1ccc(N(C)c2c(C)c(Cl)nc3ncnn23)cc1. The van der Waals surface area contributed by atoms with E-state index in [1.807, 2.05) is 18.9 Å². The Balaban J connectivity index is 2.13. The summed E-state index contributed by atoms with van der Waals surface area (Å²) in [5, 5.41) is 4.69. The third-order valence-electron chi connectivity index (χ3n) is 3.62. The fourth-order valence-corrected chi connectivity index (χ4v) is 2.52. The van der Waals surface area contributed by atoms with Crippen LogP contribution in [0.2, 0.25) is 5.15 Å². The van der Waals surface area contributed by atoms with Crippen molar-refractivity contribution in [1.29, 1.82) is 0 Å². The van der Waals surface area contributed by atoms with Crippen molar-refractivity contribution >= 4 is 28.9 Å². The van der Waals surface area contributed by atoms with Crippen molar-refractivity contribution in [2.45, 2.75) is 20.3 Å². The van der Waals surface area contributed by atoms with E-state index in [2.05, 4.69) is 46.3 Å². The Hall–Kier alpha value is -2.14. The number of fused-ring (bicyclic) bond motifs is 1. The minimum atomic E-state index is 0.447. The van der Waals surface area contributed by atoms with Crippen molar-refractivity contribution in [3.8, 4) is 0 Å². The molecule has 0 saturated heterocycles. The molecule has 108 valence electrons. The van der Waals surface area contributed by atoms with Crippen LogP contribution in [0.5, 0.6) is 0 Å². The highest BCUT2D eigenvalue weighted by Crippen LogP contribution is 2.30. The summed E-state index contributed by atoms with van der Waals surface area (Å²) in [6, 6.07) is 8.44. The average Bonchev–Trinajstić information content (AvgIpc) is 2.95. The van der Waals surface area contributed by atoms with Gasteiger partial charge < -0.3 is 4.90 Å². The van der Waals surface area contributed by atoms with Crippen LogP contribution in [0.1, 0.15) is 18.1 Å². The van der Waals surface area contributed by atoms with Gasteiger partial charge in [-0.3, -0.25) is 0 Å². The molecular weight excluding hydrogens is 286 g/mol. The Kier molecular flexibility index (Phi) is 3.51. The number of aryl methyl sites for hydroxylation is 1. The summed E-state index contributed by atoms with van der Waals surface area (Å²) in [6.07, 6.45) is 2.51. The van der Waals surface area contributed by atoms with E-state index in [0.29, 0.717) is 10.9 Å². The molecule has 0 aliphatic heterocycles. The van der Waals surface area contributed by atoms with Crippen LogP contribution in [-0.4, -0.2) is 26.6 Å². The topological polar surface area (TPSA) is 46.3 Å². The van der Waals surface area contributed by atoms with E-state index in [1.165, 1.54) is 11.9 Å². The van der Waals surface area contributed by atoms with Gasteiger partial charge in [-0.05, 0) is 31.0 Å². The van der Waals surface area contributed by atoms with E-state index >= 15 is 0 Å². The Bertz CT molecular complexity index is 779. The number of rotatable bonds is 3. The molecule has 2 heterocycles. The van der Waals surface area contributed by atoms with Crippen molar-refractivity contribution in [2.24, 2.45) is 0 Å². The standard InChI is InChI=1S/C15H16ClN5/c1-4-11-5-7-12(8-6-11)20(3)14-10(2)13(16)19-15-17-9-18-21(14)15/h5-9H,4H2,1-3H3. The molecule has 3 rings (SSSR count). The molecule has 0 radical (unpaired) electrons. The highest BCUT2D eigenvalue weighted by molar-refractivity contribution is 6.30. The van der Waals surface area contributed by atoms with Crippen LogP contribution in [0.15, 0.2) is 30.6 Å². The molecule has 0 bridgehead atoms. The van der Waals surface area contributed by atoms with E-state index in [0.717, 1.165) is 23.5 Å². The summed E-state index contributed by atoms with van der Waals surface area (Å²) in [6.45, 7) is 4.08. The van der Waals surface area contributed by atoms with Gasteiger partial charge in [0, 0.05) is 18.3 Å². The number of nitrogens with zero attached hydrogens (tertiary/aromatic N) is 5. The van der Waals surface area contributed by atoms with Crippen LogP contribution < -0.4 is 4.90 Å². The van der Waals surface area contributed by atoms with E-state index in [4.69, 9.17) is 11.6 Å². The number of aromatic nitrogens is 4. The quantitative estimate of drug-likeness (QED) is 0.695. The zero-order valence-corrected chi connectivity index (χ0v) is 13.0. The second kappa shape index (κ2) is 5.33. The molecule has 6 heteroatoms. The van der Waals surface area contributed by atoms with Crippen LogP contribution in [-0.2, 0) is 6.42 Å². The normalized spacial score (nSPS) is 11.0. The van der Waals surface area contributed by atoms with Gasteiger partial charge in [-0.1, -0.05) is 30.7 Å². The molecule has 0 N–H and O–H groups in total. The molecule has 0 fully saturated rings. The van der Waals surface area contributed by atoms with E-state index < -0.39 is 0 Å². The zero-order valence-electron chi connectivity index (χ0n) is 12.2. The van der Waals surface area contributed by atoms with Gasteiger partial charge in [0.15, 0.2) is 0 Å². The van der Waals surface area contributed by atoms with Crippen molar-refractivity contribution in [3.05, 3.63) is 46.9 Å². The summed E-state index contributed by atoms with van der Waals surface area (Å²) in [7, 11) is 1.99. The molecule has 1 aromatic carbocycles. The van der Waals surface area contributed by atoms with Crippen molar-refractivity contribution < 1.29 is 0 Å². The fourth-order valence-electron chi connectivity index (χ4n) is 2.36. The largest absolute Gasteiger partial charge is 0.329 e. The lowest BCUT2D eigenvalue weighted by molar-refractivity contribution is 0.900. The first-order valence-electron chi connectivity index (χ1n) is 6.80. The third-order valence-corrected chi connectivity index (χ3v) is 3.99. The van der Waals surface area contributed by atoms with E-state index in [-0.39, 0.29) is 0 Å². The van der Waals surface area contributed by atoms with E-state index in [9.17, 15) is 0 Å². The Morgan fingerprint density at radius 2 is 1.95 bits per heavy atom. The Morgan fingerprint density at radius 1 is 1.24 bits per heavy atom. The maximum absolute atomic E-state index is 6.21. The van der Waals surface area contributed by atoms with Gasteiger partial charge in [0.1, 0.15) is 17.3 Å². The molecule has 3 aromatic rings. The fraction of sp³-hybridized carbons (Fsp3) is 0.267. The van der Waals surface area contributed by atoms with Crippen LogP contribution in [0, 0.1) is 6.92 Å². The predicted octanol–water partition coefficient (Wildman–Crippen LogP) is 3.42. The Morgan fingerprint density at radius 3 is 2.62 bits per heavy atom. The predicted molar refractivity (Wildman–Crippen MR) is 84.4 cm³/mol. The molecule has 0 aliphatic rings. The van der Waals surface area contributed by atoms with Gasteiger partial charge in [0.05, 0.1) is 0 Å². The van der Waals surface area contributed by atoms with Gasteiger partial charge in [-0.25, -0.2) is 0 Å². The van der Waals surface area contributed by atoms with Gasteiger partial charge >= 0.3 is 0 Å². The lowest BCUT2D eigenvalue weighted by Gasteiger charge is -2.22. The third kappa shape index (κ3) is 2.34. The lowest BCUT2D eigenvalue weighted by atomic mass is 10.1. The van der Waals surface area contributed by atoms with Crippen LogP contribution in [0.4, 0.5) is 11.5 Å². The summed E-state index contributed by atoms with van der Waals surface area (Å²) in [4.78, 5) is 10.4. The van der Waals surface area contributed by atoms with Gasteiger partial charge in [-0.2, -0.15) is 19.6 Å². The number of benzene rings is 1. The average molecular weight is 302 g/mol. The van der Waals surface area contributed by atoms with Crippen LogP contribution in [0.3, 0.4) is 0 Å². The molecule has 0 spiro atoms. The highest BCUT2D eigenvalue weighted by atomic mass is 35.5. The molecule has 0 atom stereocenters. The summed E-state index contributed by atoms with van der Waals surface area (Å²) in [5.41, 5.74) is 3.24. The first-order valence-corrected chi connectivity index (χ1v) is 7.18. The number of anilines is 2. The first kappa shape index (κ1) is 13.8. The minimum Gasteiger partial charge on any atom is -0.329 e. The summed E-state index contributed by atoms with van der Waals surface area (Å²) >= 11 is 6.21. The highest BCUT2D eigenvalue weighted by Gasteiger charge is 2.16. The van der Waals surface area contributed by atoms with Gasteiger partial charge in [0.2, 0.25) is 0 Å².